The van der Waals surface area contributed by atoms with E-state index in [0.717, 1.165) is 30.6 Å². The highest BCUT2D eigenvalue weighted by Crippen LogP contribution is 2.32. The van der Waals surface area contributed by atoms with Crippen LogP contribution in [0.4, 0.5) is 5.88 Å². The summed E-state index contributed by atoms with van der Waals surface area (Å²) in [5.74, 6) is 3.35. The van der Waals surface area contributed by atoms with Crippen molar-refractivity contribution in [3.05, 3.63) is 66.1 Å². The molecule has 5 rings (SSSR count). The third-order valence-corrected chi connectivity index (χ3v) is 5.63. The number of nitriles is 1. The second kappa shape index (κ2) is 8.19. The Morgan fingerprint density at radius 2 is 2.00 bits per heavy atom. The number of anilines is 1. The molecule has 3 heterocycles. The van der Waals surface area contributed by atoms with Crippen LogP contribution in [0.15, 0.2) is 63.4 Å². The van der Waals surface area contributed by atoms with E-state index in [1.807, 2.05) is 36.4 Å². The van der Waals surface area contributed by atoms with Crippen molar-refractivity contribution in [2.75, 3.05) is 18.0 Å². The Morgan fingerprint density at radius 1 is 1.13 bits per heavy atom. The largest absolute Gasteiger partial charge is 0.486 e. The summed E-state index contributed by atoms with van der Waals surface area (Å²) in [5, 5.41) is 11.8. The number of piperidine rings is 1. The van der Waals surface area contributed by atoms with Crippen molar-refractivity contribution in [3.8, 4) is 23.5 Å². The van der Waals surface area contributed by atoms with Crippen LogP contribution in [-0.2, 0) is 6.61 Å². The van der Waals surface area contributed by atoms with E-state index in [9.17, 15) is 5.26 Å². The molecule has 0 N–H and O–H groups in total. The molecule has 4 aromatic rings. The molecule has 0 bridgehead atoms. The van der Waals surface area contributed by atoms with Gasteiger partial charge in [-0.2, -0.15) is 10.2 Å². The number of hydrogen-bond donors (Lipinski definition) is 0. The Morgan fingerprint density at radius 3 is 2.84 bits per heavy atom. The zero-order valence-corrected chi connectivity index (χ0v) is 17.4. The van der Waals surface area contributed by atoms with Gasteiger partial charge in [0.1, 0.15) is 24.2 Å². The number of hydrogen-bond acceptors (Lipinski definition) is 6. The van der Waals surface area contributed by atoms with Crippen LogP contribution in [0.25, 0.3) is 22.4 Å². The summed E-state index contributed by atoms with van der Waals surface area (Å²) >= 11 is 0. The Labute approximate surface area is 180 Å². The van der Waals surface area contributed by atoms with E-state index in [1.54, 1.807) is 6.07 Å². The standard InChI is InChI=1S/C25H23N3O3/c1-17-5-4-12-28(15-17)25-22(14-26)27-24(31-25)23-11-10-21(30-23)16-29-20-9-8-18-6-2-3-7-19(18)13-20/h2-3,6-11,13,17H,4-5,12,15-16H2,1H3. The molecule has 1 unspecified atom stereocenters. The average Bonchev–Trinajstić information content (AvgIpc) is 3.44. The summed E-state index contributed by atoms with van der Waals surface area (Å²) < 4.78 is 17.8. The van der Waals surface area contributed by atoms with Crippen LogP contribution in [-0.4, -0.2) is 18.1 Å². The van der Waals surface area contributed by atoms with Gasteiger partial charge in [0.15, 0.2) is 5.76 Å². The maximum Gasteiger partial charge on any atom is 0.266 e. The fourth-order valence-electron chi connectivity index (χ4n) is 4.06. The number of oxazole rings is 1. The molecule has 1 atom stereocenters. The van der Waals surface area contributed by atoms with Gasteiger partial charge in [-0.15, -0.1) is 0 Å². The van der Waals surface area contributed by atoms with Gasteiger partial charge in [-0.05, 0) is 53.8 Å². The third-order valence-electron chi connectivity index (χ3n) is 5.63. The lowest BCUT2D eigenvalue weighted by atomic mass is 10.0. The van der Waals surface area contributed by atoms with Crippen molar-refractivity contribution >= 4 is 16.7 Å². The van der Waals surface area contributed by atoms with Gasteiger partial charge in [0.25, 0.3) is 5.89 Å². The second-order valence-corrected chi connectivity index (χ2v) is 8.04. The molecule has 1 aliphatic heterocycles. The lowest BCUT2D eigenvalue weighted by Crippen LogP contribution is -2.34. The number of benzene rings is 2. The van der Waals surface area contributed by atoms with Crippen molar-refractivity contribution in [3.63, 3.8) is 0 Å². The molecule has 31 heavy (non-hydrogen) atoms. The van der Waals surface area contributed by atoms with Crippen LogP contribution in [0.5, 0.6) is 5.75 Å². The molecule has 0 amide bonds. The molecule has 1 aliphatic rings. The molecule has 0 radical (unpaired) electrons. The first-order chi connectivity index (χ1) is 15.2. The van der Waals surface area contributed by atoms with Gasteiger partial charge in [-0.25, -0.2) is 0 Å². The normalized spacial score (nSPS) is 16.4. The van der Waals surface area contributed by atoms with Gasteiger partial charge >= 0.3 is 0 Å². The van der Waals surface area contributed by atoms with E-state index in [2.05, 4.69) is 35.0 Å². The lowest BCUT2D eigenvalue weighted by molar-refractivity contribution is 0.271. The monoisotopic (exact) mass is 413 g/mol. The Bertz CT molecular complexity index is 1250. The number of rotatable bonds is 5. The average molecular weight is 413 g/mol. The maximum absolute atomic E-state index is 9.52. The highest BCUT2D eigenvalue weighted by atomic mass is 16.5. The first-order valence-electron chi connectivity index (χ1n) is 10.6. The second-order valence-electron chi connectivity index (χ2n) is 8.04. The summed E-state index contributed by atoms with van der Waals surface area (Å²) in [4.78, 5) is 6.47. The minimum atomic E-state index is 0.292. The molecule has 0 spiro atoms. The number of furan rings is 1. The van der Waals surface area contributed by atoms with Crippen LogP contribution in [0, 0.1) is 17.2 Å². The molecule has 2 aromatic carbocycles. The molecule has 156 valence electrons. The molecule has 0 saturated carbocycles. The van der Waals surface area contributed by atoms with Crippen molar-refractivity contribution in [2.45, 2.75) is 26.4 Å². The summed E-state index contributed by atoms with van der Waals surface area (Å²) in [5.41, 5.74) is 0.300. The summed E-state index contributed by atoms with van der Waals surface area (Å²) in [6.45, 7) is 4.24. The Balaban J connectivity index is 1.31. The van der Waals surface area contributed by atoms with Gasteiger partial charge in [-0.3, -0.25) is 0 Å². The highest BCUT2D eigenvalue weighted by molar-refractivity contribution is 5.83. The lowest BCUT2D eigenvalue weighted by Gasteiger charge is -2.30. The first-order valence-corrected chi connectivity index (χ1v) is 10.6. The molecular weight excluding hydrogens is 390 g/mol. The number of fused-ring (bicyclic) bond motifs is 1. The van der Waals surface area contributed by atoms with Crippen molar-refractivity contribution in [1.82, 2.24) is 4.98 Å². The first kappa shape index (κ1) is 19.3. The Hall–Kier alpha value is -3.72. The van der Waals surface area contributed by atoms with E-state index >= 15 is 0 Å². The molecular formula is C25H23N3O3. The topological polar surface area (TPSA) is 75.4 Å². The van der Waals surface area contributed by atoms with Gasteiger partial charge in [0, 0.05) is 13.1 Å². The molecule has 6 heteroatoms. The van der Waals surface area contributed by atoms with Gasteiger partial charge in [0.2, 0.25) is 11.6 Å². The predicted octanol–water partition coefficient (Wildman–Crippen LogP) is 5.77. The number of aromatic nitrogens is 1. The Kier molecular flexibility index (Phi) is 5.09. The number of nitrogens with zero attached hydrogens (tertiary/aromatic N) is 3. The maximum atomic E-state index is 9.52. The van der Waals surface area contributed by atoms with Crippen LogP contribution >= 0.6 is 0 Å². The van der Waals surface area contributed by atoms with E-state index in [-0.39, 0.29) is 0 Å². The smallest absolute Gasteiger partial charge is 0.266 e. The van der Waals surface area contributed by atoms with Crippen LogP contribution in [0.3, 0.4) is 0 Å². The fourth-order valence-corrected chi connectivity index (χ4v) is 4.06. The number of ether oxygens (including phenoxy) is 1. The van der Waals surface area contributed by atoms with Gasteiger partial charge in [0.05, 0.1) is 0 Å². The minimum absolute atomic E-state index is 0.292. The predicted molar refractivity (Wildman–Crippen MR) is 118 cm³/mol. The SMILES string of the molecule is CC1CCCN(c2oc(-c3ccc(COc4ccc5ccccc5c4)o3)nc2C#N)C1. The fraction of sp³-hybridized carbons (Fsp3) is 0.280. The van der Waals surface area contributed by atoms with E-state index < -0.39 is 0 Å². The van der Waals surface area contributed by atoms with E-state index in [0.29, 0.717) is 41.5 Å². The summed E-state index contributed by atoms with van der Waals surface area (Å²) in [6, 6.07) is 20.0. The summed E-state index contributed by atoms with van der Waals surface area (Å²) in [7, 11) is 0. The van der Waals surface area contributed by atoms with E-state index in [1.165, 1.54) is 11.8 Å². The molecule has 1 saturated heterocycles. The molecule has 2 aromatic heterocycles. The van der Waals surface area contributed by atoms with Gasteiger partial charge < -0.3 is 18.5 Å². The highest BCUT2D eigenvalue weighted by Gasteiger charge is 2.25. The minimum Gasteiger partial charge on any atom is -0.486 e. The van der Waals surface area contributed by atoms with Gasteiger partial charge in [-0.1, -0.05) is 37.3 Å². The van der Waals surface area contributed by atoms with Crippen molar-refractivity contribution in [2.24, 2.45) is 5.92 Å². The zero-order valence-electron chi connectivity index (χ0n) is 17.4. The molecule has 1 fully saturated rings. The molecule has 0 aliphatic carbocycles. The zero-order chi connectivity index (χ0) is 21.2. The quantitative estimate of drug-likeness (QED) is 0.413. The van der Waals surface area contributed by atoms with Crippen LogP contribution < -0.4 is 9.64 Å². The van der Waals surface area contributed by atoms with Crippen LogP contribution in [0.1, 0.15) is 31.2 Å². The van der Waals surface area contributed by atoms with Crippen LogP contribution in [0.2, 0.25) is 0 Å². The van der Waals surface area contributed by atoms with E-state index in [4.69, 9.17) is 13.6 Å². The van der Waals surface area contributed by atoms with Crippen molar-refractivity contribution in [1.29, 1.82) is 5.26 Å². The van der Waals surface area contributed by atoms with Crippen molar-refractivity contribution < 1.29 is 13.6 Å². The molecule has 6 nitrogen and oxygen atoms in total. The third kappa shape index (κ3) is 3.99. The summed E-state index contributed by atoms with van der Waals surface area (Å²) in [6.07, 6.45) is 2.28.